The summed E-state index contributed by atoms with van der Waals surface area (Å²) in [5.41, 5.74) is 3.07. The molecule has 1 rings (SSSR count). The number of alkyl halides is 5. The lowest BCUT2D eigenvalue weighted by Crippen LogP contribution is -2.46. The highest BCUT2D eigenvalue weighted by Gasteiger charge is 2.62. The summed E-state index contributed by atoms with van der Waals surface area (Å²) < 4.78 is 62.3. The summed E-state index contributed by atoms with van der Waals surface area (Å²) in [6.07, 6.45) is -5.88. The minimum atomic E-state index is -5.88. The first-order chi connectivity index (χ1) is 8.09. The lowest BCUT2D eigenvalue weighted by atomic mass is 9.99. The van der Waals surface area contributed by atoms with Gasteiger partial charge in [0.05, 0.1) is 10.5 Å². The van der Waals surface area contributed by atoms with Gasteiger partial charge in [-0.15, -0.1) is 12.4 Å². The van der Waals surface area contributed by atoms with Crippen LogP contribution in [-0.4, -0.2) is 17.0 Å². The van der Waals surface area contributed by atoms with E-state index in [9.17, 15) is 32.1 Å². The fourth-order valence-electron chi connectivity index (χ4n) is 1.29. The van der Waals surface area contributed by atoms with Gasteiger partial charge in [-0.3, -0.25) is 10.1 Å². The first-order valence-electron chi connectivity index (χ1n) is 4.52. The van der Waals surface area contributed by atoms with Gasteiger partial charge in [0.25, 0.3) is 5.69 Å². The normalized spacial score (nSPS) is 13.6. The topological polar surface area (TPSA) is 69.2 Å². The van der Waals surface area contributed by atoms with E-state index in [2.05, 4.69) is 0 Å². The maximum atomic E-state index is 13.0. The van der Waals surface area contributed by atoms with Crippen LogP contribution >= 0.6 is 12.4 Å². The average molecular weight is 307 g/mol. The van der Waals surface area contributed by atoms with E-state index >= 15 is 0 Å². The van der Waals surface area contributed by atoms with E-state index in [4.69, 9.17) is 5.73 Å². The van der Waals surface area contributed by atoms with Crippen molar-refractivity contribution in [3.63, 3.8) is 0 Å². The van der Waals surface area contributed by atoms with Crippen molar-refractivity contribution in [2.45, 2.75) is 18.1 Å². The Bertz CT molecular complexity index is 466. The molecule has 10 heteroatoms. The van der Waals surface area contributed by atoms with Gasteiger partial charge in [-0.1, -0.05) is 18.2 Å². The molecule has 0 saturated heterocycles. The molecule has 1 atom stereocenters. The quantitative estimate of drug-likeness (QED) is 0.529. The molecule has 4 nitrogen and oxygen atoms in total. The highest BCUT2D eigenvalue weighted by molar-refractivity contribution is 5.85. The fourth-order valence-corrected chi connectivity index (χ4v) is 1.29. The second kappa shape index (κ2) is 5.66. The molecule has 0 bridgehead atoms. The number of halogens is 6. The molecule has 1 aromatic carbocycles. The smallest absolute Gasteiger partial charge is 0.318 e. The van der Waals surface area contributed by atoms with Crippen molar-refractivity contribution >= 4 is 18.1 Å². The fraction of sp³-hybridized carbons (Fsp3) is 0.333. The molecule has 0 saturated carbocycles. The Morgan fingerprint density at radius 2 is 1.63 bits per heavy atom. The number of para-hydroxylation sites is 1. The molecule has 0 fully saturated rings. The summed E-state index contributed by atoms with van der Waals surface area (Å²) in [5, 5.41) is 10.5. The number of rotatable bonds is 3. The molecule has 0 heterocycles. The number of nitrogens with two attached hydrogens (primary N) is 1. The molecule has 0 amide bonds. The third-order valence-corrected chi connectivity index (χ3v) is 2.24. The minimum absolute atomic E-state index is 0. The van der Waals surface area contributed by atoms with Gasteiger partial charge in [0.2, 0.25) is 0 Å². The van der Waals surface area contributed by atoms with Gasteiger partial charge < -0.3 is 5.73 Å². The molecule has 0 aliphatic rings. The lowest BCUT2D eigenvalue weighted by Gasteiger charge is -2.25. The monoisotopic (exact) mass is 306 g/mol. The SMILES string of the molecule is Cl.N[C@H](c1ccccc1[N+](=O)[O-])C(F)(F)C(F)(F)F. The maximum Gasteiger partial charge on any atom is 0.455 e. The van der Waals surface area contributed by atoms with Gasteiger partial charge in [0.15, 0.2) is 0 Å². The molecule has 0 spiro atoms. The summed E-state index contributed by atoms with van der Waals surface area (Å²) in [4.78, 5) is 9.46. The Labute approximate surface area is 109 Å². The predicted octanol–water partition coefficient (Wildman–Crippen LogP) is 3.21. The van der Waals surface area contributed by atoms with Crippen molar-refractivity contribution in [2.75, 3.05) is 0 Å². The Hall–Kier alpha value is -1.48. The van der Waals surface area contributed by atoms with Crippen LogP contribution in [0.25, 0.3) is 0 Å². The van der Waals surface area contributed by atoms with Crippen molar-refractivity contribution in [3.05, 3.63) is 39.9 Å². The molecule has 0 radical (unpaired) electrons. The van der Waals surface area contributed by atoms with Crippen molar-refractivity contribution in [3.8, 4) is 0 Å². The van der Waals surface area contributed by atoms with Crippen molar-refractivity contribution in [1.29, 1.82) is 0 Å². The first-order valence-corrected chi connectivity index (χ1v) is 4.52. The van der Waals surface area contributed by atoms with Crippen LogP contribution in [-0.2, 0) is 0 Å². The average Bonchev–Trinajstić information content (AvgIpc) is 2.26. The Morgan fingerprint density at radius 3 is 2.05 bits per heavy atom. The van der Waals surface area contributed by atoms with E-state index in [1.165, 1.54) is 0 Å². The standard InChI is InChI=1S/C9H7F5N2O2.ClH/c10-8(11,9(12,13)14)7(15)5-3-1-2-4-6(5)16(17)18;/h1-4,7H,15H2;1H/t7-;/m1./s1. The molecule has 0 unspecified atom stereocenters. The molecule has 0 aliphatic heterocycles. The van der Waals surface area contributed by atoms with E-state index in [0.717, 1.165) is 24.3 Å². The second-order valence-electron chi connectivity index (χ2n) is 3.41. The van der Waals surface area contributed by atoms with Crippen LogP contribution in [0.4, 0.5) is 27.6 Å². The summed E-state index contributed by atoms with van der Waals surface area (Å²) in [6, 6.07) is 0.970. The van der Waals surface area contributed by atoms with Gasteiger partial charge >= 0.3 is 12.1 Å². The number of benzene rings is 1. The van der Waals surface area contributed by atoms with Crippen LogP contribution in [0.3, 0.4) is 0 Å². The summed E-state index contributed by atoms with van der Waals surface area (Å²) in [7, 11) is 0. The molecular formula is C9H8ClF5N2O2. The van der Waals surface area contributed by atoms with Gasteiger partial charge in [-0.2, -0.15) is 22.0 Å². The van der Waals surface area contributed by atoms with Crippen molar-refractivity contribution < 1.29 is 26.9 Å². The zero-order valence-electron chi connectivity index (χ0n) is 9.03. The van der Waals surface area contributed by atoms with Crippen LogP contribution in [0, 0.1) is 10.1 Å². The first kappa shape index (κ1) is 17.5. The van der Waals surface area contributed by atoms with E-state index < -0.39 is 34.3 Å². The van der Waals surface area contributed by atoms with Gasteiger partial charge in [0, 0.05) is 6.07 Å². The van der Waals surface area contributed by atoms with E-state index in [1.807, 2.05) is 0 Å². The third kappa shape index (κ3) is 3.29. The number of nitro benzene ring substituents is 1. The lowest BCUT2D eigenvalue weighted by molar-refractivity contribution is -0.386. The van der Waals surface area contributed by atoms with Crippen LogP contribution in [0.5, 0.6) is 0 Å². The summed E-state index contributed by atoms with van der Waals surface area (Å²) in [5.74, 6) is -5.25. The maximum absolute atomic E-state index is 13.0. The number of hydrogen-bond donors (Lipinski definition) is 1. The molecule has 2 N–H and O–H groups in total. The Balaban J connectivity index is 0.00000324. The molecule has 1 aromatic rings. The molecule has 108 valence electrons. The van der Waals surface area contributed by atoms with E-state index in [0.29, 0.717) is 0 Å². The van der Waals surface area contributed by atoms with Crippen LogP contribution in [0.15, 0.2) is 24.3 Å². The largest absolute Gasteiger partial charge is 0.455 e. The summed E-state index contributed by atoms with van der Waals surface area (Å²) >= 11 is 0. The highest BCUT2D eigenvalue weighted by Crippen LogP contribution is 2.44. The Morgan fingerprint density at radius 1 is 1.16 bits per heavy atom. The van der Waals surface area contributed by atoms with E-state index in [1.54, 1.807) is 0 Å². The van der Waals surface area contributed by atoms with E-state index in [-0.39, 0.29) is 12.4 Å². The predicted molar refractivity (Wildman–Crippen MR) is 58.3 cm³/mol. The molecular weight excluding hydrogens is 299 g/mol. The van der Waals surface area contributed by atoms with Crippen LogP contribution < -0.4 is 5.73 Å². The van der Waals surface area contributed by atoms with Gasteiger partial charge in [0.1, 0.15) is 6.04 Å². The van der Waals surface area contributed by atoms with Crippen molar-refractivity contribution in [2.24, 2.45) is 5.73 Å². The zero-order chi connectivity index (χ0) is 14.1. The molecule has 19 heavy (non-hydrogen) atoms. The third-order valence-electron chi connectivity index (χ3n) is 2.24. The molecule has 0 aliphatic carbocycles. The molecule has 0 aromatic heterocycles. The number of nitrogens with zero attached hydrogens (tertiary/aromatic N) is 1. The number of nitro groups is 1. The van der Waals surface area contributed by atoms with Gasteiger partial charge in [-0.05, 0) is 0 Å². The summed E-state index contributed by atoms with van der Waals surface area (Å²) in [6.45, 7) is 0. The van der Waals surface area contributed by atoms with Gasteiger partial charge in [-0.25, -0.2) is 0 Å². The van der Waals surface area contributed by atoms with Crippen LogP contribution in [0.2, 0.25) is 0 Å². The number of hydrogen-bond acceptors (Lipinski definition) is 3. The second-order valence-corrected chi connectivity index (χ2v) is 3.41. The van der Waals surface area contributed by atoms with Crippen LogP contribution in [0.1, 0.15) is 11.6 Å². The minimum Gasteiger partial charge on any atom is -0.318 e. The zero-order valence-corrected chi connectivity index (χ0v) is 9.84. The Kier molecular flexibility index (Phi) is 5.22. The van der Waals surface area contributed by atoms with Crippen molar-refractivity contribution in [1.82, 2.24) is 0 Å². The highest BCUT2D eigenvalue weighted by atomic mass is 35.5.